The van der Waals surface area contributed by atoms with Crippen LogP contribution in [0, 0.1) is 6.42 Å². The first kappa shape index (κ1) is 19.2. The van der Waals surface area contributed by atoms with Crippen LogP contribution < -0.4 is 5.73 Å². The van der Waals surface area contributed by atoms with E-state index in [1.807, 2.05) is 0 Å². The molecule has 1 radical (unpaired) electrons. The number of carbonyl (C=O) groups excluding carboxylic acids is 2. The number of alkyl halides is 3. The number of likely N-dealkylation sites (N-methyl/N-ethyl adjacent to an activating group) is 1. The summed E-state index contributed by atoms with van der Waals surface area (Å²) >= 11 is 0. The van der Waals surface area contributed by atoms with Crippen molar-refractivity contribution < 1.29 is 31.2 Å². The maximum absolute atomic E-state index is 12.7. The second-order valence-electron chi connectivity index (χ2n) is 5.44. The Morgan fingerprint density at radius 2 is 1.80 bits per heavy atom. The van der Waals surface area contributed by atoms with E-state index in [4.69, 9.17) is 5.73 Å². The van der Waals surface area contributed by atoms with Gasteiger partial charge in [-0.15, -0.1) is 0 Å². The minimum Gasteiger partial charge on any atom is -0.368 e. The molecule has 0 aliphatic carbocycles. The third-order valence-corrected chi connectivity index (χ3v) is 5.62. The summed E-state index contributed by atoms with van der Waals surface area (Å²) in [4.78, 5) is 24.1. The summed E-state index contributed by atoms with van der Waals surface area (Å²) in [6.07, 6.45) is -3.55. The lowest BCUT2D eigenvalue weighted by atomic mass is 10.2. The van der Waals surface area contributed by atoms with E-state index in [0.29, 0.717) is 16.4 Å². The summed E-state index contributed by atoms with van der Waals surface area (Å²) in [7, 11) is -2.96. The molecule has 1 heterocycles. The van der Waals surface area contributed by atoms with Crippen molar-refractivity contribution in [2.24, 2.45) is 5.73 Å². The van der Waals surface area contributed by atoms with Crippen molar-refractivity contribution in [2.45, 2.75) is 17.1 Å². The number of hydrogen-bond donors (Lipinski definition) is 1. The van der Waals surface area contributed by atoms with E-state index < -0.39 is 51.1 Å². The number of nitrogens with two attached hydrogens (primary N) is 1. The number of halogens is 3. The molecule has 1 aromatic rings. The number of benzene rings is 1. The minimum absolute atomic E-state index is 0.259. The first-order chi connectivity index (χ1) is 11.4. The molecule has 1 aliphatic rings. The van der Waals surface area contributed by atoms with E-state index in [-0.39, 0.29) is 6.54 Å². The average Bonchev–Trinajstić information content (AvgIpc) is 2.67. The van der Waals surface area contributed by atoms with Gasteiger partial charge in [-0.1, -0.05) is 0 Å². The summed E-state index contributed by atoms with van der Waals surface area (Å²) in [5, 5.41) is 0. The van der Waals surface area contributed by atoms with Gasteiger partial charge < -0.3 is 10.6 Å². The van der Waals surface area contributed by atoms with Crippen LogP contribution in [-0.2, 0) is 25.8 Å². The zero-order chi connectivity index (χ0) is 19.0. The van der Waals surface area contributed by atoms with Gasteiger partial charge in [-0.2, -0.15) is 17.5 Å². The second kappa shape index (κ2) is 6.64. The standard InChI is InChI=1S/C14H15F3N3O4S/c1-19-8-11(13(18)22)20(7-6-12(19)21)25(23,24)10-4-2-9(3-5-10)14(15,16)17/h2-6,11H,7-8H2,1H3,(H2,18,22). The molecule has 1 fully saturated rings. The molecule has 0 spiro atoms. The molecular formula is C14H15F3N3O4S. The molecule has 1 aromatic carbocycles. The SMILES string of the molecule is CN1CC(C(N)=O)N(S(=O)(=O)c2ccc(C(F)(F)F)cc2)C[CH]C1=O. The van der Waals surface area contributed by atoms with Crippen LogP contribution in [0.15, 0.2) is 29.2 Å². The fourth-order valence-corrected chi connectivity index (χ4v) is 3.87. The van der Waals surface area contributed by atoms with Gasteiger partial charge in [-0.25, -0.2) is 8.42 Å². The highest BCUT2D eigenvalue weighted by atomic mass is 32.2. The summed E-state index contributed by atoms with van der Waals surface area (Å²) < 4.78 is 64.0. The molecule has 0 bridgehead atoms. The molecule has 7 nitrogen and oxygen atoms in total. The van der Waals surface area contributed by atoms with E-state index in [1.54, 1.807) is 0 Å². The van der Waals surface area contributed by atoms with Crippen LogP contribution in [0.5, 0.6) is 0 Å². The lowest BCUT2D eigenvalue weighted by molar-refractivity contribution is -0.137. The molecule has 2 amide bonds. The number of carbonyl (C=O) groups is 2. The molecule has 1 atom stereocenters. The third kappa shape index (κ3) is 3.93. The molecule has 11 heteroatoms. The number of primary amides is 1. The van der Waals surface area contributed by atoms with Crippen LogP contribution in [0.25, 0.3) is 0 Å². The van der Waals surface area contributed by atoms with Gasteiger partial charge in [-0.05, 0) is 24.3 Å². The maximum atomic E-state index is 12.7. The maximum Gasteiger partial charge on any atom is 0.416 e. The van der Waals surface area contributed by atoms with Crippen molar-refractivity contribution in [1.29, 1.82) is 0 Å². The third-order valence-electron chi connectivity index (χ3n) is 3.73. The highest BCUT2D eigenvalue weighted by molar-refractivity contribution is 7.89. The van der Waals surface area contributed by atoms with Crippen LogP contribution >= 0.6 is 0 Å². The monoisotopic (exact) mass is 378 g/mol. The van der Waals surface area contributed by atoms with Gasteiger partial charge in [0.2, 0.25) is 21.8 Å². The van der Waals surface area contributed by atoms with Crippen molar-refractivity contribution in [2.75, 3.05) is 20.1 Å². The van der Waals surface area contributed by atoms with E-state index >= 15 is 0 Å². The van der Waals surface area contributed by atoms with Gasteiger partial charge in [0.1, 0.15) is 6.04 Å². The average molecular weight is 378 g/mol. The Bertz CT molecular complexity index is 778. The first-order valence-electron chi connectivity index (χ1n) is 7.01. The highest BCUT2D eigenvalue weighted by Gasteiger charge is 2.39. The Morgan fingerprint density at radius 3 is 2.28 bits per heavy atom. The molecule has 0 saturated carbocycles. The summed E-state index contributed by atoms with van der Waals surface area (Å²) in [6.45, 7) is -0.676. The van der Waals surface area contributed by atoms with E-state index in [0.717, 1.165) is 23.5 Å². The molecule has 1 saturated heterocycles. The predicted octanol–water partition coefficient (Wildman–Crippen LogP) is 0.226. The van der Waals surface area contributed by atoms with Crippen LogP contribution in [0.4, 0.5) is 13.2 Å². The molecule has 1 aliphatic heterocycles. The number of amides is 2. The van der Waals surface area contributed by atoms with Crippen LogP contribution in [0.1, 0.15) is 5.56 Å². The van der Waals surface area contributed by atoms with E-state index in [9.17, 15) is 31.2 Å². The Balaban J connectivity index is 2.42. The minimum atomic E-state index is -4.61. The van der Waals surface area contributed by atoms with Crippen molar-refractivity contribution in [3.8, 4) is 0 Å². The Hall–Kier alpha value is -2.14. The summed E-state index contributed by atoms with van der Waals surface area (Å²) in [6, 6.07) is 1.52. The number of rotatable bonds is 3. The van der Waals surface area contributed by atoms with Crippen LogP contribution in [0.3, 0.4) is 0 Å². The van der Waals surface area contributed by atoms with Gasteiger partial charge >= 0.3 is 6.18 Å². The van der Waals surface area contributed by atoms with E-state index in [1.165, 1.54) is 7.05 Å². The number of hydrogen-bond acceptors (Lipinski definition) is 4. The van der Waals surface area contributed by atoms with Gasteiger partial charge in [0.15, 0.2) is 0 Å². The number of sulfonamides is 1. The van der Waals surface area contributed by atoms with Crippen molar-refractivity contribution in [3.63, 3.8) is 0 Å². The molecule has 0 aromatic heterocycles. The highest BCUT2D eigenvalue weighted by Crippen LogP contribution is 2.30. The van der Waals surface area contributed by atoms with E-state index in [2.05, 4.69) is 0 Å². The number of nitrogens with zero attached hydrogens (tertiary/aromatic N) is 2. The molecule has 1 unspecified atom stereocenters. The normalized spacial score (nSPS) is 20.4. The van der Waals surface area contributed by atoms with Gasteiger partial charge in [-0.3, -0.25) is 9.59 Å². The lowest BCUT2D eigenvalue weighted by Gasteiger charge is -2.27. The van der Waals surface area contributed by atoms with Gasteiger partial charge in [0, 0.05) is 20.1 Å². The predicted molar refractivity (Wildman–Crippen MR) is 80.3 cm³/mol. The zero-order valence-electron chi connectivity index (χ0n) is 13.0. The molecule has 2 N–H and O–H groups in total. The first-order valence-corrected chi connectivity index (χ1v) is 8.45. The van der Waals surface area contributed by atoms with Crippen LogP contribution in [0.2, 0.25) is 0 Å². The fourth-order valence-electron chi connectivity index (χ4n) is 2.34. The molecule has 25 heavy (non-hydrogen) atoms. The fraction of sp³-hybridized carbons (Fsp3) is 0.357. The quantitative estimate of drug-likeness (QED) is 0.813. The van der Waals surface area contributed by atoms with Crippen molar-refractivity contribution in [1.82, 2.24) is 9.21 Å². The second-order valence-corrected chi connectivity index (χ2v) is 7.33. The Labute approximate surface area is 142 Å². The molecule has 137 valence electrons. The largest absolute Gasteiger partial charge is 0.416 e. The molecular weight excluding hydrogens is 363 g/mol. The summed E-state index contributed by atoms with van der Waals surface area (Å²) in [5.74, 6) is -1.46. The van der Waals surface area contributed by atoms with Crippen molar-refractivity contribution in [3.05, 3.63) is 36.2 Å². The van der Waals surface area contributed by atoms with Gasteiger partial charge in [0.25, 0.3) is 0 Å². The smallest absolute Gasteiger partial charge is 0.368 e. The van der Waals surface area contributed by atoms with Crippen LogP contribution in [-0.4, -0.2) is 55.6 Å². The lowest BCUT2D eigenvalue weighted by Crippen LogP contribution is -2.51. The topological polar surface area (TPSA) is 101 Å². The van der Waals surface area contributed by atoms with Crippen molar-refractivity contribution >= 4 is 21.8 Å². The zero-order valence-corrected chi connectivity index (χ0v) is 13.8. The Kier molecular flexibility index (Phi) is 5.09. The Morgan fingerprint density at radius 1 is 1.24 bits per heavy atom. The summed E-state index contributed by atoms with van der Waals surface area (Å²) in [5.41, 5.74) is 4.24. The molecule has 2 rings (SSSR count). The van der Waals surface area contributed by atoms with Gasteiger partial charge in [0.05, 0.1) is 16.9 Å².